The minimum absolute atomic E-state index is 0.0864. The van der Waals surface area contributed by atoms with Crippen LogP contribution in [0.3, 0.4) is 0 Å². The topological polar surface area (TPSA) is 109 Å². The van der Waals surface area contributed by atoms with Gasteiger partial charge in [0.05, 0.1) is 12.2 Å². The van der Waals surface area contributed by atoms with Gasteiger partial charge in [0, 0.05) is 19.2 Å². The van der Waals surface area contributed by atoms with Gasteiger partial charge in [-0.05, 0) is 17.9 Å². The van der Waals surface area contributed by atoms with Crippen LogP contribution in [0.2, 0.25) is 0 Å². The standard InChI is InChI=1S/C14H16N4O5/c1-3-22-14(19)11-4-5-12(16-8-11)23-7-6-17-10(2)15-9-13(17)18(20)21/h4-5,8-9H,3,6-7H2,1-2H3. The molecule has 0 aromatic carbocycles. The Morgan fingerprint density at radius 1 is 1.35 bits per heavy atom. The first kappa shape index (κ1) is 16.4. The van der Waals surface area contributed by atoms with Crippen LogP contribution in [0, 0.1) is 17.0 Å². The number of imidazole rings is 1. The summed E-state index contributed by atoms with van der Waals surface area (Å²) < 4.78 is 11.7. The molecule has 0 aliphatic rings. The molecule has 0 aliphatic carbocycles. The molecule has 0 fully saturated rings. The Kier molecular flexibility index (Phi) is 5.23. The molecule has 2 aromatic rings. The summed E-state index contributed by atoms with van der Waals surface area (Å²) in [5, 5.41) is 10.9. The summed E-state index contributed by atoms with van der Waals surface area (Å²) in [5.41, 5.74) is 0.334. The van der Waals surface area contributed by atoms with Crippen LogP contribution in [0.15, 0.2) is 24.5 Å². The van der Waals surface area contributed by atoms with Crippen molar-refractivity contribution in [3.8, 4) is 5.88 Å². The SMILES string of the molecule is CCOC(=O)c1ccc(OCCn2c([N+](=O)[O-])cnc2C)nc1. The van der Waals surface area contributed by atoms with E-state index in [1.54, 1.807) is 26.0 Å². The molecule has 0 N–H and O–H groups in total. The van der Waals surface area contributed by atoms with Crippen LogP contribution in [0.5, 0.6) is 5.88 Å². The van der Waals surface area contributed by atoms with Gasteiger partial charge in [-0.3, -0.25) is 0 Å². The van der Waals surface area contributed by atoms with E-state index in [0.29, 0.717) is 23.9 Å². The van der Waals surface area contributed by atoms with Crippen LogP contribution in [-0.4, -0.2) is 38.6 Å². The monoisotopic (exact) mass is 320 g/mol. The van der Waals surface area contributed by atoms with E-state index in [9.17, 15) is 14.9 Å². The van der Waals surface area contributed by atoms with Crippen molar-refractivity contribution in [2.75, 3.05) is 13.2 Å². The summed E-state index contributed by atoms with van der Waals surface area (Å²) in [7, 11) is 0. The number of carbonyl (C=O) groups excluding carboxylic acids is 1. The lowest BCUT2D eigenvalue weighted by Gasteiger charge is -2.06. The van der Waals surface area contributed by atoms with Crippen molar-refractivity contribution < 1.29 is 19.2 Å². The summed E-state index contributed by atoms with van der Waals surface area (Å²) in [5.74, 6) is 0.317. The van der Waals surface area contributed by atoms with Crippen LogP contribution < -0.4 is 4.74 Å². The number of ether oxygens (including phenoxy) is 2. The summed E-state index contributed by atoms with van der Waals surface area (Å²) in [6.45, 7) is 4.15. The van der Waals surface area contributed by atoms with E-state index in [0.717, 1.165) is 0 Å². The van der Waals surface area contributed by atoms with E-state index < -0.39 is 10.9 Å². The second-order valence-corrected chi connectivity index (χ2v) is 4.53. The second kappa shape index (κ2) is 7.34. The molecule has 0 atom stereocenters. The number of aryl methyl sites for hydroxylation is 1. The Morgan fingerprint density at radius 3 is 2.74 bits per heavy atom. The van der Waals surface area contributed by atoms with Gasteiger partial charge >= 0.3 is 11.8 Å². The molecule has 0 bridgehead atoms. The molecule has 2 heterocycles. The number of pyridine rings is 1. The molecule has 2 rings (SSSR count). The van der Waals surface area contributed by atoms with E-state index in [1.807, 2.05) is 0 Å². The first-order chi connectivity index (χ1) is 11.0. The van der Waals surface area contributed by atoms with E-state index in [1.165, 1.54) is 17.0 Å². The summed E-state index contributed by atoms with van der Waals surface area (Å²) in [6.07, 6.45) is 2.57. The van der Waals surface area contributed by atoms with E-state index in [4.69, 9.17) is 9.47 Å². The van der Waals surface area contributed by atoms with Gasteiger partial charge in [-0.1, -0.05) is 0 Å². The van der Waals surface area contributed by atoms with E-state index in [2.05, 4.69) is 9.97 Å². The maximum absolute atomic E-state index is 11.5. The van der Waals surface area contributed by atoms with E-state index >= 15 is 0 Å². The summed E-state index contributed by atoms with van der Waals surface area (Å²) in [6, 6.07) is 3.09. The van der Waals surface area contributed by atoms with Crippen LogP contribution in [0.4, 0.5) is 5.82 Å². The van der Waals surface area contributed by atoms with Crippen molar-refractivity contribution in [2.45, 2.75) is 20.4 Å². The molecule has 23 heavy (non-hydrogen) atoms. The Balaban J connectivity index is 1.93. The minimum Gasteiger partial charge on any atom is -0.473 e. The number of rotatable bonds is 7. The van der Waals surface area contributed by atoms with Crippen LogP contribution in [0.25, 0.3) is 0 Å². The van der Waals surface area contributed by atoms with Crippen molar-refractivity contribution in [1.82, 2.24) is 14.5 Å². The molecule has 0 radical (unpaired) electrons. The molecule has 122 valence electrons. The zero-order chi connectivity index (χ0) is 16.8. The molecule has 0 unspecified atom stereocenters. The van der Waals surface area contributed by atoms with Crippen molar-refractivity contribution in [3.63, 3.8) is 0 Å². The minimum atomic E-state index is -0.494. The third kappa shape index (κ3) is 4.02. The summed E-state index contributed by atoms with van der Waals surface area (Å²) in [4.78, 5) is 29.8. The Labute approximate surface area is 132 Å². The van der Waals surface area contributed by atoms with Crippen LogP contribution in [-0.2, 0) is 11.3 Å². The number of nitro groups is 1. The molecule has 0 spiro atoms. The molecular formula is C14H16N4O5. The largest absolute Gasteiger partial charge is 0.473 e. The first-order valence-corrected chi connectivity index (χ1v) is 6.95. The van der Waals surface area contributed by atoms with E-state index in [-0.39, 0.29) is 19.0 Å². The van der Waals surface area contributed by atoms with Gasteiger partial charge in [-0.2, -0.15) is 0 Å². The summed E-state index contributed by atoms with van der Waals surface area (Å²) >= 11 is 0. The van der Waals surface area contributed by atoms with Gasteiger partial charge in [-0.15, -0.1) is 0 Å². The van der Waals surface area contributed by atoms with Crippen molar-refractivity contribution in [2.24, 2.45) is 0 Å². The fourth-order valence-corrected chi connectivity index (χ4v) is 1.92. The quantitative estimate of drug-likeness (QED) is 0.434. The van der Waals surface area contributed by atoms with Crippen molar-refractivity contribution in [3.05, 3.63) is 46.0 Å². The highest BCUT2D eigenvalue weighted by molar-refractivity contribution is 5.89. The Bertz CT molecular complexity index is 696. The Hall–Kier alpha value is -2.97. The lowest BCUT2D eigenvalue weighted by molar-refractivity contribution is -0.392. The van der Waals surface area contributed by atoms with Gasteiger partial charge in [0.25, 0.3) is 0 Å². The maximum Gasteiger partial charge on any atom is 0.342 e. The number of hydrogen-bond acceptors (Lipinski definition) is 7. The number of nitrogens with zero attached hydrogens (tertiary/aromatic N) is 4. The predicted molar refractivity (Wildman–Crippen MR) is 79.3 cm³/mol. The van der Waals surface area contributed by atoms with Gasteiger partial charge in [-0.25, -0.2) is 19.3 Å². The predicted octanol–water partition coefficient (Wildman–Crippen LogP) is 1.75. The van der Waals surface area contributed by atoms with Gasteiger partial charge in [0.15, 0.2) is 5.82 Å². The molecular weight excluding hydrogens is 304 g/mol. The molecule has 0 aliphatic heterocycles. The third-order valence-electron chi connectivity index (χ3n) is 3.03. The van der Waals surface area contributed by atoms with Crippen molar-refractivity contribution in [1.29, 1.82) is 0 Å². The third-order valence-corrected chi connectivity index (χ3v) is 3.03. The zero-order valence-corrected chi connectivity index (χ0v) is 12.8. The normalized spacial score (nSPS) is 10.3. The Morgan fingerprint density at radius 2 is 2.13 bits per heavy atom. The number of carbonyl (C=O) groups is 1. The number of esters is 1. The van der Waals surface area contributed by atoms with Gasteiger partial charge in [0.1, 0.15) is 19.3 Å². The molecule has 0 saturated heterocycles. The van der Waals surface area contributed by atoms with Crippen LogP contribution in [0.1, 0.15) is 23.1 Å². The van der Waals surface area contributed by atoms with Gasteiger partial charge < -0.3 is 19.6 Å². The molecule has 0 amide bonds. The number of aromatic nitrogens is 3. The highest BCUT2D eigenvalue weighted by Crippen LogP contribution is 2.14. The molecule has 9 heteroatoms. The smallest absolute Gasteiger partial charge is 0.342 e. The lowest BCUT2D eigenvalue weighted by atomic mass is 10.3. The average molecular weight is 320 g/mol. The van der Waals surface area contributed by atoms with Crippen molar-refractivity contribution >= 4 is 11.8 Å². The van der Waals surface area contributed by atoms with Crippen LogP contribution >= 0.6 is 0 Å². The zero-order valence-electron chi connectivity index (χ0n) is 12.8. The maximum atomic E-state index is 11.5. The highest BCUT2D eigenvalue weighted by atomic mass is 16.6. The molecule has 0 saturated carbocycles. The number of hydrogen-bond donors (Lipinski definition) is 0. The first-order valence-electron chi connectivity index (χ1n) is 6.95. The molecule has 2 aromatic heterocycles. The lowest BCUT2D eigenvalue weighted by Crippen LogP contribution is -2.12. The second-order valence-electron chi connectivity index (χ2n) is 4.53. The fraction of sp³-hybridized carbons (Fsp3) is 0.357. The fourth-order valence-electron chi connectivity index (χ4n) is 1.92. The molecule has 9 nitrogen and oxygen atoms in total. The van der Waals surface area contributed by atoms with Gasteiger partial charge in [0.2, 0.25) is 5.88 Å². The average Bonchev–Trinajstić information content (AvgIpc) is 2.89. The highest BCUT2D eigenvalue weighted by Gasteiger charge is 2.17.